The molecule has 5 heteroatoms. The molecule has 0 N–H and O–H groups in total. The Hall–Kier alpha value is -1.36. The Morgan fingerprint density at radius 2 is 1.71 bits per heavy atom. The molecule has 0 aromatic carbocycles. The fourth-order valence-corrected chi connectivity index (χ4v) is 4.56. The van der Waals surface area contributed by atoms with E-state index in [0.717, 1.165) is 25.9 Å². The number of carbonyl (C=O) groups excluding carboxylic acids is 2. The van der Waals surface area contributed by atoms with Crippen LogP contribution in [0, 0.1) is 5.92 Å². The van der Waals surface area contributed by atoms with Crippen molar-refractivity contribution in [1.82, 2.24) is 9.80 Å². The Labute approximate surface area is 148 Å². The minimum atomic E-state index is 0.230. The van der Waals surface area contributed by atoms with Gasteiger partial charge in [-0.15, -0.1) is 11.3 Å². The van der Waals surface area contributed by atoms with Gasteiger partial charge < -0.3 is 9.80 Å². The molecule has 0 atom stereocenters. The van der Waals surface area contributed by atoms with Gasteiger partial charge in [-0.05, 0) is 43.0 Å². The highest BCUT2D eigenvalue weighted by molar-refractivity contribution is 7.09. The molecular weight excluding hydrogens is 320 g/mol. The maximum atomic E-state index is 12.5. The second-order valence-corrected chi connectivity index (χ2v) is 8.08. The number of carbonyl (C=O) groups is 2. The molecule has 0 bridgehead atoms. The number of amides is 2. The van der Waals surface area contributed by atoms with Crippen LogP contribution < -0.4 is 0 Å². The summed E-state index contributed by atoms with van der Waals surface area (Å²) in [6, 6.07) is 4.12. The predicted molar refractivity (Wildman–Crippen MR) is 97.0 cm³/mol. The fraction of sp³-hybridized carbons (Fsp3) is 0.684. The molecule has 4 nitrogen and oxygen atoms in total. The number of aryl methyl sites for hydroxylation is 1. The second kappa shape index (κ2) is 8.65. The molecule has 2 fully saturated rings. The molecule has 2 amide bonds. The van der Waals surface area contributed by atoms with Crippen molar-refractivity contribution in [3.63, 3.8) is 0 Å². The van der Waals surface area contributed by atoms with Gasteiger partial charge in [0.05, 0.1) is 0 Å². The first kappa shape index (κ1) is 17.5. The molecule has 1 aromatic heterocycles. The second-order valence-electron chi connectivity index (χ2n) is 7.05. The molecule has 0 radical (unpaired) electrons. The van der Waals surface area contributed by atoms with E-state index >= 15 is 0 Å². The van der Waals surface area contributed by atoms with Crippen molar-refractivity contribution in [1.29, 1.82) is 0 Å². The van der Waals surface area contributed by atoms with Gasteiger partial charge in [-0.1, -0.05) is 18.9 Å². The predicted octanol–water partition coefficient (Wildman–Crippen LogP) is 3.32. The highest BCUT2D eigenvalue weighted by Crippen LogP contribution is 2.28. The highest BCUT2D eigenvalue weighted by atomic mass is 32.1. The van der Waals surface area contributed by atoms with E-state index in [4.69, 9.17) is 0 Å². The topological polar surface area (TPSA) is 40.6 Å². The van der Waals surface area contributed by atoms with E-state index < -0.39 is 0 Å². The van der Waals surface area contributed by atoms with E-state index in [0.29, 0.717) is 37.8 Å². The van der Waals surface area contributed by atoms with Gasteiger partial charge in [0.25, 0.3) is 0 Å². The summed E-state index contributed by atoms with van der Waals surface area (Å²) in [4.78, 5) is 30.1. The van der Waals surface area contributed by atoms with E-state index in [1.54, 1.807) is 11.3 Å². The quantitative estimate of drug-likeness (QED) is 0.819. The van der Waals surface area contributed by atoms with Gasteiger partial charge in [-0.3, -0.25) is 9.59 Å². The zero-order valence-electron chi connectivity index (χ0n) is 14.4. The molecule has 2 heterocycles. The van der Waals surface area contributed by atoms with Gasteiger partial charge in [-0.2, -0.15) is 0 Å². The Bertz CT molecular complexity index is 538. The van der Waals surface area contributed by atoms with Crippen molar-refractivity contribution in [3.8, 4) is 0 Å². The van der Waals surface area contributed by atoms with Gasteiger partial charge in [0.2, 0.25) is 11.8 Å². The Morgan fingerprint density at radius 3 is 2.38 bits per heavy atom. The molecular formula is C19H28N2O2S. The third-order valence-electron chi connectivity index (χ3n) is 5.30. The summed E-state index contributed by atoms with van der Waals surface area (Å²) in [6.07, 6.45) is 8.02. The van der Waals surface area contributed by atoms with Crippen molar-refractivity contribution in [2.24, 2.45) is 5.92 Å². The summed E-state index contributed by atoms with van der Waals surface area (Å²) in [5.74, 6) is 1.13. The minimum Gasteiger partial charge on any atom is -0.341 e. The summed E-state index contributed by atoms with van der Waals surface area (Å²) in [6.45, 7) is 2.99. The lowest BCUT2D eigenvalue weighted by Crippen LogP contribution is -2.37. The van der Waals surface area contributed by atoms with E-state index in [1.165, 1.54) is 30.6 Å². The highest BCUT2D eigenvalue weighted by Gasteiger charge is 2.25. The molecule has 1 aromatic rings. The largest absolute Gasteiger partial charge is 0.341 e. The SMILES string of the molecule is O=C(CCc1cccs1)N1CCCN(C(=O)CC2CCCC2)CC1. The lowest BCUT2D eigenvalue weighted by atomic mass is 10.0. The number of nitrogens with zero attached hydrogens (tertiary/aromatic N) is 2. The van der Waals surface area contributed by atoms with Gasteiger partial charge >= 0.3 is 0 Å². The molecule has 1 aliphatic heterocycles. The zero-order chi connectivity index (χ0) is 16.8. The van der Waals surface area contributed by atoms with Crippen LogP contribution in [-0.2, 0) is 16.0 Å². The number of hydrogen-bond donors (Lipinski definition) is 0. The van der Waals surface area contributed by atoms with Gasteiger partial charge in [0.15, 0.2) is 0 Å². The number of thiophene rings is 1. The van der Waals surface area contributed by atoms with Crippen LogP contribution in [0.15, 0.2) is 17.5 Å². The summed E-state index contributed by atoms with van der Waals surface area (Å²) >= 11 is 1.71. The number of hydrogen-bond acceptors (Lipinski definition) is 3. The molecule has 1 saturated heterocycles. The summed E-state index contributed by atoms with van der Waals surface area (Å²) in [5, 5.41) is 2.06. The van der Waals surface area contributed by atoms with Gasteiger partial charge in [0, 0.05) is 43.9 Å². The minimum absolute atomic E-state index is 0.230. The van der Waals surface area contributed by atoms with E-state index in [1.807, 2.05) is 15.9 Å². The Kier molecular flexibility index (Phi) is 6.30. The van der Waals surface area contributed by atoms with E-state index in [-0.39, 0.29) is 5.91 Å². The maximum absolute atomic E-state index is 12.5. The molecule has 1 saturated carbocycles. The molecule has 2 aliphatic rings. The van der Waals surface area contributed by atoms with Crippen molar-refractivity contribution < 1.29 is 9.59 Å². The average Bonchev–Trinajstić information content (AvgIpc) is 3.22. The maximum Gasteiger partial charge on any atom is 0.222 e. The van der Waals surface area contributed by atoms with Crippen molar-refractivity contribution >= 4 is 23.2 Å². The zero-order valence-corrected chi connectivity index (χ0v) is 15.2. The molecule has 3 rings (SSSR count). The molecule has 0 spiro atoms. The van der Waals surface area contributed by atoms with Crippen LogP contribution >= 0.6 is 11.3 Å². The molecule has 24 heavy (non-hydrogen) atoms. The van der Waals surface area contributed by atoms with Crippen LogP contribution in [0.25, 0.3) is 0 Å². The fourth-order valence-electron chi connectivity index (χ4n) is 3.85. The monoisotopic (exact) mass is 348 g/mol. The van der Waals surface area contributed by atoms with Crippen LogP contribution in [-0.4, -0.2) is 47.8 Å². The van der Waals surface area contributed by atoms with Gasteiger partial charge in [-0.25, -0.2) is 0 Å². The first-order chi connectivity index (χ1) is 11.7. The summed E-state index contributed by atoms with van der Waals surface area (Å²) in [7, 11) is 0. The third-order valence-corrected chi connectivity index (χ3v) is 6.24. The molecule has 0 unspecified atom stereocenters. The van der Waals surface area contributed by atoms with Crippen molar-refractivity contribution in [2.45, 2.75) is 51.4 Å². The summed E-state index contributed by atoms with van der Waals surface area (Å²) < 4.78 is 0. The van der Waals surface area contributed by atoms with Crippen molar-refractivity contribution in [2.75, 3.05) is 26.2 Å². The van der Waals surface area contributed by atoms with Crippen LogP contribution in [0.2, 0.25) is 0 Å². The lowest BCUT2D eigenvalue weighted by Gasteiger charge is -2.23. The lowest BCUT2D eigenvalue weighted by molar-refractivity contribution is -0.134. The van der Waals surface area contributed by atoms with Crippen LogP contribution in [0.3, 0.4) is 0 Å². The van der Waals surface area contributed by atoms with E-state index in [9.17, 15) is 9.59 Å². The Balaban J connectivity index is 1.43. The first-order valence-electron chi connectivity index (χ1n) is 9.30. The Morgan fingerprint density at radius 1 is 1.00 bits per heavy atom. The van der Waals surface area contributed by atoms with Gasteiger partial charge in [0.1, 0.15) is 0 Å². The normalized spacial score (nSPS) is 19.5. The number of rotatable bonds is 5. The van der Waals surface area contributed by atoms with Crippen LogP contribution in [0.1, 0.15) is 49.8 Å². The van der Waals surface area contributed by atoms with E-state index in [2.05, 4.69) is 11.4 Å². The smallest absolute Gasteiger partial charge is 0.222 e. The van der Waals surface area contributed by atoms with Crippen LogP contribution in [0.5, 0.6) is 0 Å². The molecule has 132 valence electrons. The van der Waals surface area contributed by atoms with Crippen LogP contribution in [0.4, 0.5) is 0 Å². The summed E-state index contributed by atoms with van der Waals surface area (Å²) in [5.41, 5.74) is 0. The first-order valence-corrected chi connectivity index (χ1v) is 10.2. The third kappa shape index (κ3) is 4.82. The standard InChI is InChI=1S/C19H28N2O2S/c22-18(9-8-17-7-3-14-24-17)20-10-4-11-21(13-12-20)19(23)15-16-5-1-2-6-16/h3,7,14,16H,1-2,4-6,8-13,15H2. The average molecular weight is 349 g/mol. The van der Waals surface area contributed by atoms with Crippen molar-refractivity contribution in [3.05, 3.63) is 22.4 Å². The molecule has 1 aliphatic carbocycles.